The number of carbonyl (C=O) groups excluding carboxylic acids is 1. The fraction of sp³-hybridized carbons (Fsp3) is 0.0870. The van der Waals surface area contributed by atoms with Crippen molar-refractivity contribution in [1.82, 2.24) is 5.43 Å². The maximum Gasteiger partial charge on any atom is 0.338 e. The minimum absolute atomic E-state index is 0.309. The Hall–Kier alpha value is -3.51. The number of benzodiazepines with no additional fused rings is 1. The molecule has 0 spiro atoms. The van der Waals surface area contributed by atoms with Crippen LogP contribution >= 0.6 is 12.2 Å². The first-order valence-electron chi connectivity index (χ1n) is 9.28. The lowest BCUT2D eigenvalue weighted by molar-refractivity contribution is 0.251. The molecule has 2 amide bonds. The van der Waals surface area contributed by atoms with E-state index in [1.807, 2.05) is 85.8 Å². The lowest BCUT2D eigenvalue weighted by atomic mass is 10.0. The Morgan fingerprint density at radius 3 is 2.55 bits per heavy atom. The third-order valence-corrected chi connectivity index (χ3v) is 4.76. The van der Waals surface area contributed by atoms with Crippen molar-refractivity contribution in [3.05, 3.63) is 95.6 Å². The standard InChI is InChI=1S/C23H20N4OS/c1-16-8-7-11-18(14-16)24-23(28)26-27-15-21(29)25-22(17-9-3-2-4-10-17)19-12-5-6-13-20(19)27/h2-14H,15H2,1H3,(H2,24,26,28). The number of anilines is 2. The van der Waals surface area contributed by atoms with Gasteiger partial charge < -0.3 is 5.32 Å². The monoisotopic (exact) mass is 400 g/mol. The SMILES string of the molecule is Cc1cccc(NC(=O)NN2CC(=S)N=C(c3ccccc3)c3ccccc32)c1. The van der Waals surface area contributed by atoms with E-state index in [4.69, 9.17) is 12.2 Å². The van der Waals surface area contributed by atoms with E-state index in [0.29, 0.717) is 11.5 Å². The molecule has 29 heavy (non-hydrogen) atoms. The molecule has 3 aromatic carbocycles. The topological polar surface area (TPSA) is 56.7 Å². The number of nitrogens with one attached hydrogen (secondary N) is 2. The molecule has 0 fully saturated rings. The van der Waals surface area contributed by atoms with Crippen LogP contribution in [0.1, 0.15) is 16.7 Å². The van der Waals surface area contributed by atoms with Gasteiger partial charge in [0.25, 0.3) is 0 Å². The minimum Gasteiger partial charge on any atom is -0.307 e. The molecule has 0 aliphatic carbocycles. The number of carbonyl (C=O) groups is 1. The summed E-state index contributed by atoms with van der Waals surface area (Å²) in [6.07, 6.45) is 0. The van der Waals surface area contributed by atoms with E-state index in [2.05, 4.69) is 15.7 Å². The van der Waals surface area contributed by atoms with Gasteiger partial charge in [0, 0.05) is 16.8 Å². The summed E-state index contributed by atoms with van der Waals surface area (Å²) in [7, 11) is 0. The summed E-state index contributed by atoms with van der Waals surface area (Å²) < 4.78 is 0. The van der Waals surface area contributed by atoms with Crippen molar-refractivity contribution >= 4 is 40.3 Å². The van der Waals surface area contributed by atoms with Crippen LogP contribution in [0.2, 0.25) is 0 Å². The molecule has 6 heteroatoms. The summed E-state index contributed by atoms with van der Waals surface area (Å²) in [6.45, 7) is 2.29. The van der Waals surface area contributed by atoms with Crippen LogP contribution < -0.4 is 15.8 Å². The smallest absolute Gasteiger partial charge is 0.307 e. The van der Waals surface area contributed by atoms with Crippen LogP contribution in [0.4, 0.5) is 16.2 Å². The Morgan fingerprint density at radius 1 is 1.00 bits per heavy atom. The first kappa shape index (κ1) is 18.8. The van der Waals surface area contributed by atoms with Crippen molar-refractivity contribution in [2.75, 3.05) is 16.9 Å². The molecule has 1 aliphatic heterocycles. The third kappa shape index (κ3) is 4.33. The molecule has 4 rings (SSSR count). The summed E-state index contributed by atoms with van der Waals surface area (Å²) in [5.74, 6) is 0. The van der Waals surface area contributed by atoms with E-state index in [-0.39, 0.29) is 6.03 Å². The summed E-state index contributed by atoms with van der Waals surface area (Å²) in [4.78, 5) is 17.8. The second-order valence-corrected chi connectivity index (χ2v) is 7.23. The fourth-order valence-electron chi connectivity index (χ4n) is 3.27. The average Bonchev–Trinajstić information content (AvgIpc) is 2.85. The van der Waals surface area contributed by atoms with Crippen LogP contribution in [-0.2, 0) is 0 Å². The van der Waals surface area contributed by atoms with Gasteiger partial charge in [-0.15, -0.1) is 0 Å². The molecular weight excluding hydrogens is 380 g/mol. The van der Waals surface area contributed by atoms with Gasteiger partial charge in [0.05, 0.1) is 17.9 Å². The minimum atomic E-state index is -0.337. The summed E-state index contributed by atoms with van der Waals surface area (Å²) in [5, 5.41) is 4.60. The number of para-hydroxylation sites is 1. The van der Waals surface area contributed by atoms with Gasteiger partial charge in [0.1, 0.15) is 4.99 Å². The van der Waals surface area contributed by atoms with Gasteiger partial charge in [0.2, 0.25) is 0 Å². The number of urea groups is 1. The van der Waals surface area contributed by atoms with Crippen molar-refractivity contribution in [3.8, 4) is 0 Å². The highest BCUT2D eigenvalue weighted by Gasteiger charge is 2.23. The molecule has 1 aliphatic rings. The maximum atomic E-state index is 12.6. The molecule has 2 N–H and O–H groups in total. The second-order valence-electron chi connectivity index (χ2n) is 6.76. The first-order valence-corrected chi connectivity index (χ1v) is 9.69. The van der Waals surface area contributed by atoms with E-state index in [9.17, 15) is 4.79 Å². The van der Waals surface area contributed by atoms with Crippen LogP contribution in [0.25, 0.3) is 0 Å². The van der Waals surface area contributed by atoms with Crippen LogP contribution in [0.3, 0.4) is 0 Å². The Bertz CT molecular complexity index is 1090. The molecule has 5 nitrogen and oxygen atoms in total. The van der Waals surface area contributed by atoms with Crippen molar-refractivity contribution in [1.29, 1.82) is 0 Å². The van der Waals surface area contributed by atoms with Crippen molar-refractivity contribution in [2.45, 2.75) is 6.92 Å². The van der Waals surface area contributed by atoms with Gasteiger partial charge in [-0.2, -0.15) is 0 Å². The zero-order valence-electron chi connectivity index (χ0n) is 15.9. The zero-order valence-corrected chi connectivity index (χ0v) is 16.7. The van der Waals surface area contributed by atoms with Crippen LogP contribution in [0.5, 0.6) is 0 Å². The number of thiocarbonyl (C=S) groups is 1. The number of hydrazine groups is 1. The predicted octanol–water partition coefficient (Wildman–Crippen LogP) is 4.72. The Balaban J connectivity index is 1.63. The molecule has 0 unspecified atom stereocenters. The second kappa shape index (κ2) is 8.24. The molecule has 0 saturated heterocycles. The Labute approximate surface area is 175 Å². The number of fused-ring (bicyclic) bond motifs is 1. The number of benzene rings is 3. The zero-order chi connectivity index (χ0) is 20.2. The van der Waals surface area contributed by atoms with Crippen LogP contribution in [0.15, 0.2) is 83.9 Å². The largest absolute Gasteiger partial charge is 0.338 e. The quantitative estimate of drug-likeness (QED) is 0.626. The lowest BCUT2D eigenvalue weighted by Gasteiger charge is -2.25. The highest BCUT2D eigenvalue weighted by atomic mass is 32.1. The van der Waals surface area contributed by atoms with Gasteiger partial charge in [-0.25, -0.2) is 15.2 Å². The number of nitrogens with zero attached hydrogens (tertiary/aromatic N) is 2. The average molecular weight is 401 g/mol. The first-order chi connectivity index (χ1) is 14.1. The normalized spacial score (nSPS) is 13.2. The molecule has 0 radical (unpaired) electrons. The van der Waals surface area contributed by atoms with Crippen molar-refractivity contribution < 1.29 is 4.79 Å². The molecule has 1 heterocycles. The molecule has 0 atom stereocenters. The summed E-state index contributed by atoms with van der Waals surface area (Å²) in [6, 6.07) is 25.1. The summed E-state index contributed by atoms with van der Waals surface area (Å²) >= 11 is 5.49. The highest BCUT2D eigenvalue weighted by Crippen LogP contribution is 2.26. The predicted molar refractivity (Wildman–Crippen MR) is 122 cm³/mol. The number of aryl methyl sites for hydroxylation is 1. The third-order valence-electron chi connectivity index (χ3n) is 4.54. The summed E-state index contributed by atoms with van der Waals surface area (Å²) in [5.41, 5.74) is 8.25. The number of amides is 2. The number of aliphatic imine (C=N–C) groups is 1. The highest BCUT2D eigenvalue weighted by molar-refractivity contribution is 7.80. The van der Waals surface area contributed by atoms with E-state index in [1.54, 1.807) is 5.01 Å². The van der Waals surface area contributed by atoms with E-state index < -0.39 is 0 Å². The van der Waals surface area contributed by atoms with Crippen molar-refractivity contribution in [3.63, 3.8) is 0 Å². The number of hydrogen-bond donors (Lipinski definition) is 2. The Kier molecular flexibility index (Phi) is 5.35. The van der Waals surface area contributed by atoms with Crippen molar-refractivity contribution in [2.24, 2.45) is 4.99 Å². The van der Waals surface area contributed by atoms with Gasteiger partial charge >= 0.3 is 6.03 Å². The Morgan fingerprint density at radius 2 is 1.76 bits per heavy atom. The van der Waals surface area contributed by atoms with E-state index in [1.165, 1.54) is 0 Å². The maximum absolute atomic E-state index is 12.6. The van der Waals surface area contributed by atoms with Gasteiger partial charge in [-0.1, -0.05) is 72.9 Å². The number of rotatable bonds is 3. The molecule has 3 aromatic rings. The molecule has 0 aromatic heterocycles. The molecular formula is C23H20N4OS. The number of hydrogen-bond acceptors (Lipinski definition) is 3. The van der Waals surface area contributed by atoms with Gasteiger partial charge in [-0.3, -0.25) is 5.01 Å². The van der Waals surface area contributed by atoms with Gasteiger partial charge in [0.15, 0.2) is 0 Å². The molecule has 144 valence electrons. The van der Waals surface area contributed by atoms with E-state index >= 15 is 0 Å². The fourth-order valence-corrected chi connectivity index (χ4v) is 3.49. The lowest BCUT2D eigenvalue weighted by Crippen LogP contribution is -2.46. The van der Waals surface area contributed by atoms with Gasteiger partial charge in [-0.05, 0) is 30.7 Å². The molecule has 0 saturated carbocycles. The molecule has 0 bridgehead atoms. The van der Waals surface area contributed by atoms with E-state index in [0.717, 1.165) is 33.8 Å². The van der Waals surface area contributed by atoms with Crippen LogP contribution in [0, 0.1) is 6.92 Å². The van der Waals surface area contributed by atoms with Crippen LogP contribution in [-0.4, -0.2) is 23.3 Å².